The van der Waals surface area contributed by atoms with E-state index >= 15 is 0 Å². The Hall–Kier alpha value is -1.40. The highest BCUT2D eigenvalue weighted by atomic mass is 32.2. The molecule has 5 nitrogen and oxygen atoms in total. The lowest BCUT2D eigenvalue weighted by Gasteiger charge is -2.25. The van der Waals surface area contributed by atoms with Crippen LogP contribution in [0.1, 0.15) is 12.5 Å². The molecule has 0 heterocycles. The number of hydrogen-bond donors (Lipinski definition) is 0. The minimum atomic E-state index is -1.89. The summed E-state index contributed by atoms with van der Waals surface area (Å²) in [5.41, 5.74) is -0.742. The van der Waals surface area contributed by atoms with Crippen LogP contribution in [0.3, 0.4) is 0 Å². The van der Waals surface area contributed by atoms with Crippen molar-refractivity contribution in [1.82, 2.24) is 0 Å². The molecule has 1 rings (SSSR count). The maximum Gasteiger partial charge on any atom is 0.335 e. The van der Waals surface area contributed by atoms with Crippen LogP contribution in [0.4, 0.5) is 0 Å². The van der Waals surface area contributed by atoms with Gasteiger partial charge in [-0.25, -0.2) is 4.79 Å². The third-order valence-corrected chi connectivity index (χ3v) is 3.12. The van der Waals surface area contributed by atoms with Crippen molar-refractivity contribution in [3.8, 4) is 0 Å². The lowest BCUT2D eigenvalue weighted by molar-refractivity contribution is -0.146. The number of benzene rings is 1. The number of nitrogens with zero attached hydrogens (tertiary/aromatic N) is 1. The van der Waals surface area contributed by atoms with E-state index in [1.807, 2.05) is 6.07 Å². The number of methoxy groups -OCH3 is 1. The zero-order chi connectivity index (χ0) is 12.9. The van der Waals surface area contributed by atoms with E-state index in [2.05, 4.69) is 8.55 Å². The first-order chi connectivity index (χ1) is 8.04. The molecule has 0 unspecified atom stereocenters. The highest BCUT2D eigenvalue weighted by Crippen LogP contribution is 2.27. The van der Waals surface area contributed by atoms with Gasteiger partial charge in [-0.15, -0.1) is 0 Å². The molecule has 0 spiro atoms. The number of esters is 1. The van der Waals surface area contributed by atoms with Crippen molar-refractivity contribution in [2.75, 3.05) is 14.2 Å². The molecule has 0 saturated carbocycles. The van der Waals surface area contributed by atoms with E-state index in [1.54, 1.807) is 24.3 Å². The Kier molecular flexibility index (Phi) is 4.65. The minimum Gasteiger partial charge on any atom is -0.467 e. The molecule has 1 aromatic carbocycles. The second-order valence-corrected chi connectivity index (χ2v) is 4.36. The molecule has 0 aromatic heterocycles. The quantitative estimate of drug-likeness (QED) is 0.608. The summed E-state index contributed by atoms with van der Waals surface area (Å²) >= 11 is 0. The molecule has 17 heavy (non-hydrogen) atoms. The van der Waals surface area contributed by atoms with E-state index in [0.29, 0.717) is 5.56 Å². The maximum absolute atomic E-state index is 11.8. The first-order valence-corrected chi connectivity index (χ1v) is 5.91. The fourth-order valence-electron chi connectivity index (χ4n) is 1.36. The normalized spacial score (nSPS) is 16.2. The predicted octanol–water partition coefficient (Wildman–Crippen LogP) is 1.78. The van der Waals surface area contributed by atoms with Gasteiger partial charge >= 0.3 is 5.97 Å². The molecule has 0 N–H and O–H groups in total. The van der Waals surface area contributed by atoms with Crippen LogP contribution in [0.5, 0.6) is 0 Å². The lowest BCUT2D eigenvalue weighted by atomic mass is 9.93. The standard InChI is InChI=1S/C11H14NO4S/c1-11(10(13)15-2,12-17(14)16-3)9-7-5-4-6-8-9/h4-8H,1-3H3/q-1/t11-/m1/s1. The summed E-state index contributed by atoms with van der Waals surface area (Å²) in [5, 5.41) is 0. The Labute approximate surface area is 102 Å². The Bertz CT molecular complexity index is 468. The van der Waals surface area contributed by atoms with Crippen molar-refractivity contribution < 1.29 is 17.9 Å². The van der Waals surface area contributed by atoms with Crippen molar-refractivity contribution >= 4 is 16.8 Å². The molecule has 6 heteroatoms. The van der Waals surface area contributed by atoms with Crippen molar-refractivity contribution in [1.29, 1.82) is 0 Å². The third kappa shape index (κ3) is 3.04. The van der Waals surface area contributed by atoms with E-state index in [1.165, 1.54) is 21.1 Å². The summed E-state index contributed by atoms with van der Waals surface area (Å²) in [7, 11) is 0.616. The van der Waals surface area contributed by atoms with Crippen LogP contribution in [0.2, 0.25) is 0 Å². The summed E-state index contributed by atoms with van der Waals surface area (Å²) in [5.74, 6) is -0.589. The van der Waals surface area contributed by atoms with Gasteiger partial charge in [0.05, 0.1) is 7.11 Å². The monoisotopic (exact) mass is 256 g/mol. The third-order valence-electron chi connectivity index (χ3n) is 2.32. The molecule has 0 saturated heterocycles. The molecule has 0 amide bonds. The highest BCUT2D eigenvalue weighted by Gasteiger charge is 2.33. The number of carbonyl (C=O) groups excluding carboxylic acids is 1. The number of carbonyl (C=O) groups is 1. The zero-order valence-electron chi connectivity index (χ0n) is 9.88. The largest absolute Gasteiger partial charge is 0.467 e. The van der Waals surface area contributed by atoms with Crippen LogP contribution >= 0.6 is 0 Å². The molecule has 0 aliphatic heterocycles. The maximum atomic E-state index is 11.8. The van der Waals surface area contributed by atoms with Crippen LogP contribution in [-0.2, 0) is 34.3 Å². The smallest absolute Gasteiger partial charge is 0.335 e. The van der Waals surface area contributed by atoms with Gasteiger partial charge in [0, 0.05) is 7.11 Å². The highest BCUT2D eigenvalue weighted by molar-refractivity contribution is 7.69. The zero-order valence-corrected chi connectivity index (χ0v) is 10.7. The second-order valence-electron chi connectivity index (χ2n) is 3.40. The number of ether oxygens (including phenoxy) is 1. The van der Waals surface area contributed by atoms with E-state index in [4.69, 9.17) is 4.74 Å². The first kappa shape index (κ1) is 13.7. The molecule has 0 aliphatic carbocycles. The number of hydrogen-bond acceptors (Lipinski definition) is 6. The molecule has 94 valence electrons. The van der Waals surface area contributed by atoms with Gasteiger partial charge in [0.1, 0.15) is 0 Å². The number of rotatable bonds is 4. The summed E-state index contributed by atoms with van der Waals surface area (Å²) < 4.78 is 24.4. The van der Waals surface area contributed by atoms with Crippen molar-refractivity contribution in [2.45, 2.75) is 12.5 Å². The molecular weight excluding hydrogens is 242 g/mol. The van der Waals surface area contributed by atoms with E-state index in [9.17, 15) is 9.00 Å². The summed E-state index contributed by atoms with van der Waals surface area (Å²) in [6.07, 6.45) is 0. The van der Waals surface area contributed by atoms with Gasteiger partial charge < -0.3 is 17.5 Å². The first-order valence-electron chi connectivity index (χ1n) is 4.87. The van der Waals surface area contributed by atoms with Gasteiger partial charge in [-0.1, -0.05) is 41.2 Å². The van der Waals surface area contributed by atoms with Crippen LogP contribution in [-0.4, -0.2) is 20.2 Å². The van der Waals surface area contributed by atoms with Gasteiger partial charge in [0.25, 0.3) is 0 Å². The van der Waals surface area contributed by atoms with Crippen LogP contribution < -0.4 is 0 Å². The van der Waals surface area contributed by atoms with Gasteiger partial charge in [-0.3, -0.25) is 0 Å². The second kappa shape index (κ2) is 5.79. The fourth-order valence-corrected chi connectivity index (χ4v) is 1.91. The van der Waals surface area contributed by atoms with Gasteiger partial charge in [-0.2, -0.15) is 0 Å². The Morgan fingerprint density at radius 1 is 1.29 bits per heavy atom. The van der Waals surface area contributed by atoms with Crippen LogP contribution in [0, 0.1) is 0 Å². The van der Waals surface area contributed by atoms with E-state index < -0.39 is 22.4 Å². The Morgan fingerprint density at radius 2 is 1.88 bits per heavy atom. The van der Waals surface area contributed by atoms with Crippen LogP contribution in [0.25, 0.3) is 0 Å². The predicted molar refractivity (Wildman–Crippen MR) is 63.3 cm³/mol. The topological polar surface area (TPSA) is 65.0 Å². The van der Waals surface area contributed by atoms with Crippen LogP contribution in [0.15, 0.2) is 34.7 Å². The van der Waals surface area contributed by atoms with Gasteiger partial charge in [-0.05, 0) is 12.5 Å². The molecule has 1 aromatic rings. The van der Waals surface area contributed by atoms with E-state index in [0.717, 1.165) is 0 Å². The Morgan fingerprint density at radius 3 is 2.35 bits per heavy atom. The average molecular weight is 256 g/mol. The average Bonchev–Trinajstić information content (AvgIpc) is 2.38. The van der Waals surface area contributed by atoms with Gasteiger partial charge in [0.2, 0.25) is 0 Å². The molecule has 1 atom stereocenters. The molecule has 0 bridgehead atoms. The fraction of sp³-hybridized carbons (Fsp3) is 0.364. The summed E-state index contributed by atoms with van der Waals surface area (Å²) in [6, 6.07) is 8.78. The summed E-state index contributed by atoms with van der Waals surface area (Å²) in [6.45, 7) is 1.53. The SMILES string of the molecule is COC(=O)[C@](C)(N=[S-](=O)OC)c1ccccc1. The van der Waals surface area contributed by atoms with Crippen molar-refractivity contribution in [3.05, 3.63) is 35.9 Å². The van der Waals surface area contributed by atoms with Gasteiger partial charge in [0.15, 0.2) is 5.54 Å². The molecule has 0 aliphatic rings. The summed E-state index contributed by atoms with van der Waals surface area (Å²) in [4.78, 5) is 11.8. The van der Waals surface area contributed by atoms with Crippen molar-refractivity contribution in [3.63, 3.8) is 0 Å². The Balaban J connectivity index is 3.30. The molecular formula is C11H14NO4S-. The lowest BCUT2D eigenvalue weighted by Crippen LogP contribution is -2.31. The minimum absolute atomic E-state index is 0.589. The molecule has 0 fully saturated rings. The van der Waals surface area contributed by atoms with E-state index in [-0.39, 0.29) is 0 Å². The van der Waals surface area contributed by atoms with Crippen molar-refractivity contribution in [2.24, 2.45) is 4.36 Å². The molecule has 0 radical (unpaired) electrons.